The number of likely N-dealkylation sites (tertiary alicyclic amines) is 6. The van der Waals surface area contributed by atoms with Gasteiger partial charge < -0.3 is 165 Å². The minimum atomic E-state index is -1.40. The van der Waals surface area contributed by atoms with Crippen molar-refractivity contribution in [2.24, 2.45) is 57.7 Å². The van der Waals surface area contributed by atoms with E-state index in [1.165, 1.54) is 29.4 Å². The summed E-state index contributed by atoms with van der Waals surface area (Å²) >= 11 is 0. The molecule has 15 amide bonds. The van der Waals surface area contributed by atoms with Gasteiger partial charge in [-0.25, -0.2) is 4.79 Å². The predicted molar refractivity (Wildman–Crippen MR) is 515 cm³/mol. The zero-order chi connectivity index (χ0) is 104. The van der Waals surface area contributed by atoms with Crippen LogP contribution in [0.2, 0.25) is 0 Å². The normalized spacial score (nSPS) is 19.8. The predicted octanol–water partition coefficient (Wildman–Crippen LogP) is -8.73. The average Bonchev–Trinajstić information content (AvgIpc) is 1.64. The number of amides is 15. The van der Waals surface area contributed by atoms with E-state index in [2.05, 4.69) is 85.1 Å². The van der Waals surface area contributed by atoms with Gasteiger partial charge in [-0.15, -0.1) is 0 Å². The number of nitrogens with one attached hydrogen (secondary N) is 23. The lowest BCUT2D eigenvalue weighted by molar-refractivity contribution is -0.148. The van der Waals surface area contributed by atoms with E-state index in [9.17, 15) is 53.1 Å². The first-order valence-electron chi connectivity index (χ1n) is 48.5. The van der Waals surface area contributed by atoms with Crippen molar-refractivity contribution in [1.82, 2.24) is 114 Å². The minimum Gasteiger partial charge on any atom is -0.480 e. The third-order valence-corrected chi connectivity index (χ3v) is 25.6. The standard InChI is InChI=1S/C86H153N37O17/c1-5-48(4)64(117-67(127)51(21-8-34-104-82(92)93)110-65(125)49(87)19-6-32-102-80(88)89)73(133)114-54(24-11-37-107-85(98)99)75(135)120-41-15-28-59(120)71(131)113-53(23-10-36-106-84(96)97)76(136)123-44-18-31-62(123)78(138)122-43-17-30-61(122)70(130)111-50(20-7-33-103-81(90)91)66(126)116-56(45-47(2)3)77(137)121-42-16-29-60(121)72(132)112-52(22-9-35-105-83(94)95)74(134)119-40-14-26-57(119)68(128)109-46-63(124)118-39-13-27-58(118)69(129)115-55(79(139)140)25-12-38-108-86(100)101/h47-62,64H,5-46,87H2,1-4H3,(H,109,128)(H,110,125)(H,111,130)(H,112,132)(H,113,131)(H,114,133)(H,115,129)(H,116,126)(H,117,127)(H,139,140)(H4,88,89,102)(H4,90,91,103)(H4,92,93,104)(H4,94,95,105)(H4,96,97,106)(H4,98,99,107)(H4,100,101,108)/t48-,49-,50-,51-,52-,53-,54-,55-,56-,57-,58-,59-,60-,61-,62-,64-/m0/s1. The maximum Gasteiger partial charge on any atom is 0.326 e. The van der Waals surface area contributed by atoms with Crippen molar-refractivity contribution in [1.29, 1.82) is 37.9 Å². The minimum absolute atomic E-state index is 0.00333. The first-order valence-corrected chi connectivity index (χ1v) is 48.5. The maximum atomic E-state index is 15.3. The molecule has 784 valence electrons. The molecule has 54 nitrogen and oxygen atoms in total. The Morgan fingerprint density at radius 1 is 0.314 bits per heavy atom. The Labute approximate surface area is 814 Å². The third-order valence-electron chi connectivity index (χ3n) is 25.6. The summed E-state index contributed by atoms with van der Waals surface area (Å²) in [6.45, 7) is 7.68. The fourth-order valence-electron chi connectivity index (χ4n) is 18.2. The summed E-state index contributed by atoms with van der Waals surface area (Å²) in [5.41, 5.74) is 44.9. The molecule has 6 fully saturated rings. The molecule has 0 aliphatic carbocycles. The molecule has 0 unspecified atom stereocenters. The molecule has 6 saturated heterocycles. The second-order valence-electron chi connectivity index (χ2n) is 36.7. The number of carbonyl (C=O) groups is 16. The number of carbonyl (C=O) groups excluding carboxylic acids is 15. The summed E-state index contributed by atoms with van der Waals surface area (Å²) in [5.74, 6) is -15.3. The first-order chi connectivity index (χ1) is 66.4. The maximum absolute atomic E-state index is 15.3. The molecular weight excluding hydrogens is 1820 g/mol. The Hall–Kier alpha value is -13.6. The molecule has 0 bridgehead atoms. The monoisotopic (exact) mass is 1980 g/mol. The highest BCUT2D eigenvalue weighted by Crippen LogP contribution is 2.30. The van der Waals surface area contributed by atoms with Crippen LogP contribution in [0, 0.1) is 49.7 Å². The van der Waals surface area contributed by atoms with Crippen LogP contribution in [0.1, 0.15) is 207 Å². The number of carboxylic acids is 1. The van der Waals surface area contributed by atoms with Gasteiger partial charge >= 0.3 is 5.97 Å². The van der Waals surface area contributed by atoms with Crippen molar-refractivity contribution < 1.29 is 81.8 Å². The Balaban J connectivity index is 1.17. The molecule has 16 atom stereocenters. The van der Waals surface area contributed by atoms with Gasteiger partial charge in [0.25, 0.3) is 0 Å². The van der Waals surface area contributed by atoms with Crippen molar-refractivity contribution in [2.45, 2.75) is 298 Å². The van der Waals surface area contributed by atoms with Gasteiger partial charge in [-0.1, -0.05) is 34.1 Å². The highest BCUT2D eigenvalue weighted by molar-refractivity contribution is 6.02. The number of nitrogens with zero attached hydrogens (tertiary/aromatic N) is 6. The average molecular weight is 1980 g/mol. The van der Waals surface area contributed by atoms with E-state index < -0.39 is 198 Å². The number of aliphatic carboxylic acids is 1. The summed E-state index contributed by atoms with van der Waals surface area (Å²) in [7, 11) is 0. The van der Waals surface area contributed by atoms with Crippen LogP contribution >= 0.6 is 0 Å². The van der Waals surface area contributed by atoms with Crippen molar-refractivity contribution in [3.8, 4) is 0 Å². The van der Waals surface area contributed by atoms with E-state index >= 15 is 28.8 Å². The fraction of sp³-hybridized carbons (Fsp3) is 0.733. The van der Waals surface area contributed by atoms with Gasteiger partial charge in [-0.2, -0.15) is 0 Å². The largest absolute Gasteiger partial charge is 0.480 e. The molecular formula is C86H153N37O17. The van der Waals surface area contributed by atoms with Crippen LogP contribution in [0.15, 0.2) is 0 Å². The number of rotatable bonds is 57. The van der Waals surface area contributed by atoms with Gasteiger partial charge in [-0.05, 0) is 185 Å². The van der Waals surface area contributed by atoms with E-state index in [1.807, 2.05) is 0 Å². The molecule has 0 radical (unpaired) electrons. The van der Waals surface area contributed by atoms with Gasteiger partial charge in [0, 0.05) is 85.1 Å². The molecule has 140 heavy (non-hydrogen) atoms. The van der Waals surface area contributed by atoms with Crippen LogP contribution < -0.4 is 131 Å². The molecule has 6 aliphatic heterocycles. The van der Waals surface area contributed by atoms with E-state index in [0.717, 1.165) is 0 Å². The fourth-order valence-corrected chi connectivity index (χ4v) is 18.2. The van der Waals surface area contributed by atoms with Gasteiger partial charge in [-0.3, -0.25) is 110 Å². The number of hydrogen-bond acceptors (Lipinski definition) is 24. The Morgan fingerprint density at radius 2 is 0.586 bits per heavy atom. The molecule has 40 N–H and O–H groups in total. The van der Waals surface area contributed by atoms with Crippen LogP contribution in [-0.2, 0) is 76.7 Å². The zero-order valence-corrected chi connectivity index (χ0v) is 80.8. The third kappa shape index (κ3) is 36.9. The second kappa shape index (κ2) is 58.3. The summed E-state index contributed by atoms with van der Waals surface area (Å²) in [4.78, 5) is 239. The molecule has 0 aromatic heterocycles. The van der Waals surface area contributed by atoms with E-state index in [-0.39, 0.29) is 261 Å². The topological polar surface area (TPSA) is 880 Å². The van der Waals surface area contributed by atoms with Gasteiger partial charge in [0.2, 0.25) is 88.6 Å². The number of nitrogens with two attached hydrogens (primary N) is 8. The molecule has 6 heterocycles. The zero-order valence-electron chi connectivity index (χ0n) is 80.8. The van der Waals surface area contributed by atoms with E-state index in [1.54, 1.807) is 27.7 Å². The molecule has 6 rings (SSSR count). The van der Waals surface area contributed by atoms with E-state index in [4.69, 9.17) is 83.7 Å². The van der Waals surface area contributed by atoms with Crippen LogP contribution in [0.3, 0.4) is 0 Å². The van der Waals surface area contributed by atoms with Gasteiger partial charge in [0.05, 0.1) is 12.6 Å². The van der Waals surface area contributed by atoms with Crippen LogP contribution in [0.4, 0.5) is 0 Å². The summed E-state index contributed by atoms with van der Waals surface area (Å²) in [5, 5.41) is 107. The Bertz CT molecular complexity index is 4360. The van der Waals surface area contributed by atoms with Crippen molar-refractivity contribution >= 4 is 136 Å². The summed E-state index contributed by atoms with van der Waals surface area (Å²) < 4.78 is 0. The van der Waals surface area contributed by atoms with Gasteiger partial charge in [0.15, 0.2) is 41.7 Å². The number of guanidine groups is 7. The lowest BCUT2D eigenvalue weighted by Gasteiger charge is -2.34. The molecule has 0 spiro atoms. The molecule has 0 aromatic rings. The highest BCUT2D eigenvalue weighted by Gasteiger charge is 2.49. The quantitative estimate of drug-likeness (QED) is 0.0153. The highest BCUT2D eigenvalue weighted by atomic mass is 16.4. The van der Waals surface area contributed by atoms with E-state index in [0.29, 0.717) is 51.4 Å². The molecule has 54 heteroatoms. The van der Waals surface area contributed by atoms with Crippen molar-refractivity contribution in [3.05, 3.63) is 0 Å². The second-order valence-corrected chi connectivity index (χ2v) is 36.7. The lowest BCUT2D eigenvalue weighted by atomic mass is 9.96. The Kier molecular flexibility index (Phi) is 47.9. The molecule has 0 saturated carbocycles. The van der Waals surface area contributed by atoms with Crippen LogP contribution in [0.5, 0.6) is 0 Å². The number of carboxylic acid groups (broad SMARTS) is 1. The lowest BCUT2D eigenvalue weighted by Crippen LogP contribution is -2.61. The van der Waals surface area contributed by atoms with Crippen molar-refractivity contribution in [3.63, 3.8) is 0 Å². The van der Waals surface area contributed by atoms with Crippen LogP contribution in [-0.4, -0.2) is 353 Å². The Morgan fingerprint density at radius 3 is 0.957 bits per heavy atom. The van der Waals surface area contributed by atoms with Gasteiger partial charge in [0.1, 0.15) is 84.6 Å². The SMILES string of the molecule is CC[C@H](C)[C@H](NC(=O)[C@H](CCCNC(=N)N)NC(=O)[C@@H](N)CCCNC(=N)N)C(=O)N[C@@H](CCCNC(=N)N)C(=O)N1CCC[C@H]1C(=O)N[C@@H](CCCNC(=N)N)C(=O)N1CCC[C@H]1C(=O)N1CCC[C@H]1C(=O)N[C@@H](CCCNC(=N)N)C(=O)N[C@@H](CC(C)C)C(=O)N1CCC[C@H]1C(=O)N[C@@H](CCCNC(=N)N)C(=O)N1CCC[C@H]1C(=O)NCC(=O)N1CCC[C@H]1C(=O)N[C@@H](CCCNC(=N)N)C(=O)O. The first kappa shape index (κ1) is 115. The van der Waals surface area contributed by atoms with Crippen LogP contribution in [0.25, 0.3) is 0 Å². The molecule has 0 aromatic carbocycles. The molecule has 6 aliphatic rings. The smallest absolute Gasteiger partial charge is 0.326 e. The summed E-state index contributed by atoms with van der Waals surface area (Å²) in [6, 6.07) is -18.7. The summed E-state index contributed by atoms with van der Waals surface area (Å²) in [6.07, 6.45) is 4.37. The van der Waals surface area contributed by atoms with Crippen molar-refractivity contribution in [2.75, 3.05) is 91.6 Å². The number of hydrogen-bond donors (Lipinski definition) is 32.